The number of likely N-dealkylation sites (N-methyl/N-ethyl adjacent to an activating group) is 1. The molecule has 0 atom stereocenters. The number of benzene rings is 3. The summed E-state index contributed by atoms with van der Waals surface area (Å²) in [6.07, 6.45) is 3.83. The first kappa shape index (κ1) is 21.8. The number of halogens is 1. The highest BCUT2D eigenvalue weighted by molar-refractivity contribution is 5.89. The van der Waals surface area contributed by atoms with Crippen LogP contribution in [0.15, 0.2) is 71.7 Å². The van der Waals surface area contributed by atoms with E-state index in [1.807, 2.05) is 61.5 Å². The molecule has 0 bridgehead atoms. The van der Waals surface area contributed by atoms with Gasteiger partial charge in [0.15, 0.2) is 0 Å². The van der Waals surface area contributed by atoms with E-state index in [-0.39, 0.29) is 11.4 Å². The van der Waals surface area contributed by atoms with Crippen molar-refractivity contribution in [2.24, 2.45) is 4.99 Å². The third-order valence-electron chi connectivity index (χ3n) is 5.92. The summed E-state index contributed by atoms with van der Waals surface area (Å²) in [5, 5.41) is 0. The number of nitrogens with zero attached hydrogens (tertiary/aromatic N) is 2. The molecule has 0 saturated carbocycles. The topological polar surface area (TPSA) is 24.8 Å². The summed E-state index contributed by atoms with van der Waals surface area (Å²) in [5.74, 6) is 1.30. The summed E-state index contributed by atoms with van der Waals surface area (Å²) in [5.41, 5.74) is 5.29. The Balaban J connectivity index is 1.56. The van der Waals surface area contributed by atoms with Crippen molar-refractivity contribution >= 4 is 23.2 Å². The minimum absolute atomic E-state index is 0.143. The van der Waals surface area contributed by atoms with Crippen molar-refractivity contribution in [3.8, 4) is 11.5 Å². The number of allylic oxidation sites excluding steroid dienone is 1. The van der Waals surface area contributed by atoms with E-state index in [0.29, 0.717) is 5.56 Å². The van der Waals surface area contributed by atoms with Crippen LogP contribution in [0.1, 0.15) is 44.4 Å². The fourth-order valence-electron chi connectivity index (χ4n) is 4.33. The van der Waals surface area contributed by atoms with Crippen LogP contribution >= 0.6 is 0 Å². The second kappa shape index (κ2) is 8.62. The molecule has 0 aromatic heterocycles. The molecule has 1 heterocycles. The number of para-hydroxylation sites is 1. The Morgan fingerprint density at radius 3 is 2.44 bits per heavy atom. The van der Waals surface area contributed by atoms with Crippen molar-refractivity contribution in [3.63, 3.8) is 0 Å². The highest BCUT2D eigenvalue weighted by atomic mass is 19.1. The summed E-state index contributed by atoms with van der Waals surface area (Å²) in [6, 6.07) is 18.9. The molecule has 1 aliphatic rings. The van der Waals surface area contributed by atoms with E-state index in [1.165, 1.54) is 0 Å². The molecule has 3 aromatic carbocycles. The summed E-state index contributed by atoms with van der Waals surface area (Å²) >= 11 is 0. The summed E-state index contributed by atoms with van der Waals surface area (Å²) in [7, 11) is 0. The van der Waals surface area contributed by atoms with Crippen molar-refractivity contribution in [3.05, 3.63) is 89.2 Å². The average molecular weight is 429 g/mol. The zero-order valence-corrected chi connectivity index (χ0v) is 19.3. The van der Waals surface area contributed by atoms with E-state index < -0.39 is 0 Å². The molecule has 0 unspecified atom stereocenters. The minimum atomic E-state index is -0.268. The lowest BCUT2D eigenvalue weighted by atomic mass is 9.88. The molecule has 0 spiro atoms. The fourth-order valence-corrected chi connectivity index (χ4v) is 4.33. The van der Waals surface area contributed by atoms with Crippen LogP contribution in [0.5, 0.6) is 11.5 Å². The van der Waals surface area contributed by atoms with Gasteiger partial charge in [-0.15, -0.1) is 0 Å². The van der Waals surface area contributed by atoms with Crippen LogP contribution in [0.3, 0.4) is 0 Å². The van der Waals surface area contributed by atoms with Gasteiger partial charge < -0.3 is 9.64 Å². The van der Waals surface area contributed by atoms with Gasteiger partial charge in [0.2, 0.25) is 0 Å². The number of fused-ring (bicyclic) bond motifs is 1. The molecule has 4 heteroatoms. The molecule has 4 rings (SSSR count). The third-order valence-corrected chi connectivity index (χ3v) is 5.92. The number of aliphatic imine (C=N–C) groups is 1. The highest BCUT2D eigenvalue weighted by Crippen LogP contribution is 2.39. The standard InChI is InChI=1S/C28H29FN2O/c1-6-31-26-16-25(29)21(15-24(26)20(3)17-28(31,4)5)18-30-22-11-13-23(14-12-22)32-27-10-8-7-9-19(27)2/h7-18H,6H2,1-5H3. The minimum Gasteiger partial charge on any atom is -0.457 e. The van der Waals surface area contributed by atoms with E-state index in [0.717, 1.165) is 46.1 Å². The molecule has 3 nitrogen and oxygen atoms in total. The Morgan fingerprint density at radius 2 is 1.75 bits per heavy atom. The summed E-state index contributed by atoms with van der Waals surface area (Å²) in [6.45, 7) is 11.3. The maximum atomic E-state index is 15.0. The van der Waals surface area contributed by atoms with Crippen LogP contribution < -0.4 is 9.64 Å². The zero-order valence-electron chi connectivity index (χ0n) is 19.3. The molecule has 0 amide bonds. The van der Waals surface area contributed by atoms with E-state index in [9.17, 15) is 4.39 Å². The van der Waals surface area contributed by atoms with Gasteiger partial charge >= 0.3 is 0 Å². The van der Waals surface area contributed by atoms with Crippen LogP contribution in [0.2, 0.25) is 0 Å². The molecule has 0 N–H and O–H groups in total. The lowest BCUT2D eigenvalue weighted by Crippen LogP contribution is -2.45. The molecule has 1 aliphatic heterocycles. The summed E-state index contributed by atoms with van der Waals surface area (Å²) < 4.78 is 20.9. The molecule has 164 valence electrons. The summed E-state index contributed by atoms with van der Waals surface area (Å²) in [4.78, 5) is 6.72. The Hall–Kier alpha value is -3.40. The molecule has 0 fully saturated rings. The largest absolute Gasteiger partial charge is 0.457 e. The zero-order chi connectivity index (χ0) is 22.9. The Kier molecular flexibility index (Phi) is 5.88. The number of rotatable bonds is 5. The first-order valence-corrected chi connectivity index (χ1v) is 11.0. The molecule has 0 radical (unpaired) electrons. The molecule has 3 aromatic rings. The Bertz CT molecular complexity index is 1190. The van der Waals surface area contributed by atoms with Gasteiger partial charge in [0.1, 0.15) is 17.3 Å². The Morgan fingerprint density at radius 1 is 1.03 bits per heavy atom. The van der Waals surface area contributed by atoms with Crippen LogP contribution in [0, 0.1) is 12.7 Å². The third kappa shape index (κ3) is 4.31. The van der Waals surface area contributed by atoms with Crippen molar-refractivity contribution in [1.29, 1.82) is 0 Å². The van der Waals surface area contributed by atoms with Gasteiger partial charge in [-0.2, -0.15) is 0 Å². The fraction of sp³-hybridized carbons (Fsp3) is 0.250. The van der Waals surface area contributed by atoms with Crippen molar-refractivity contribution in [2.75, 3.05) is 11.4 Å². The molecule has 0 saturated heterocycles. The molecular formula is C28H29FN2O. The van der Waals surface area contributed by atoms with Gasteiger partial charge in [-0.1, -0.05) is 24.3 Å². The maximum Gasteiger partial charge on any atom is 0.134 e. The number of hydrogen-bond acceptors (Lipinski definition) is 3. The van der Waals surface area contributed by atoms with E-state index >= 15 is 0 Å². The normalized spacial score (nSPS) is 14.9. The molecule has 0 aliphatic carbocycles. The van der Waals surface area contributed by atoms with Gasteiger partial charge in [-0.05, 0) is 88.2 Å². The smallest absolute Gasteiger partial charge is 0.134 e. The van der Waals surface area contributed by atoms with Gasteiger partial charge in [-0.25, -0.2) is 4.39 Å². The lowest BCUT2D eigenvalue weighted by Gasteiger charge is -2.42. The van der Waals surface area contributed by atoms with Crippen LogP contribution in [0.25, 0.3) is 5.57 Å². The predicted octanol–water partition coefficient (Wildman–Crippen LogP) is 7.70. The molecular weight excluding hydrogens is 399 g/mol. The number of hydrogen-bond donors (Lipinski definition) is 0. The van der Waals surface area contributed by atoms with E-state index in [2.05, 4.69) is 43.7 Å². The lowest BCUT2D eigenvalue weighted by molar-refractivity contribution is 0.479. The van der Waals surface area contributed by atoms with Crippen molar-refractivity contribution in [1.82, 2.24) is 0 Å². The van der Waals surface area contributed by atoms with E-state index in [1.54, 1.807) is 12.3 Å². The monoisotopic (exact) mass is 428 g/mol. The van der Waals surface area contributed by atoms with Gasteiger partial charge in [0.05, 0.1) is 11.2 Å². The second-order valence-electron chi connectivity index (χ2n) is 8.74. The van der Waals surface area contributed by atoms with Crippen LogP contribution in [0.4, 0.5) is 15.8 Å². The van der Waals surface area contributed by atoms with Crippen molar-refractivity contribution in [2.45, 2.75) is 40.2 Å². The number of aryl methyl sites for hydroxylation is 1. The number of anilines is 1. The van der Waals surface area contributed by atoms with Crippen LogP contribution in [-0.4, -0.2) is 18.3 Å². The average Bonchev–Trinajstić information content (AvgIpc) is 2.75. The van der Waals surface area contributed by atoms with Crippen LogP contribution in [-0.2, 0) is 0 Å². The first-order chi connectivity index (χ1) is 15.3. The van der Waals surface area contributed by atoms with Gasteiger partial charge in [0, 0.05) is 29.6 Å². The second-order valence-corrected chi connectivity index (χ2v) is 8.74. The van der Waals surface area contributed by atoms with Gasteiger partial charge in [-0.3, -0.25) is 4.99 Å². The van der Waals surface area contributed by atoms with E-state index in [4.69, 9.17) is 4.74 Å². The number of ether oxygens (including phenoxy) is 1. The quantitative estimate of drug-likeness (QED) is 0.389. The molecule has 32 heavy (non-hydrogen) atoms. The van der Waals surface area contributed by atoms with Gasteiger partial charge in [0.25, 0.3) is 0 Å². The highest BCUT2D eigenvalue weighted by Gasteiger charge is 2.30. The first-order valence-electron chi connectivity index (χ1n) is 11.0. The van der Waals surface area contributed by atoms with Crippen molar-refractivity contribution < 1.29 is 9.13 Å². The SMILES string of the molecule is CCN1c2cc(F)c(C=Nc3ccc(Oc4ccccc4C)cc3)cc2C(C)=CC1(C)C. The Labute approximate surface area is 189 Å². The predicted molar refractivity (Wildman–Crippen MR) is 132 cm³/mol. The maximum absolute atomic E-state index is 15.0.